The summed E-state index contributed by atoms with van der Waals surface area (Å²) in [5, 5.41) is 5.91. The number of nitrogens with one attached hydrogen (secondary N) is 2. The van der Waals surface area contributed by atoms with E-state index in [0.717, 1.165) is 21.4 Å². The first-order chi connectivity index (χ1) is 11.0. The van der Waals surface area contributed by atoms with E-state index in [0.29, 0.717) is 11.5 Å². The fourth-order valence-electron chi connectivity index (χ4n) is 2.06. The minimum Gasteiger partial charge on any atom is -0.493 e. The third kappa shape index (κ3) is 4.63. The second kappa shape index (κ2) is 7.87. The number of anilines is 2. The van der Waals surface area contributed by atoms with Crippen molar-refractivity contribution in [3.8, 4) is 11.5 Å². The van der Waals surface area contributed by atoms with Gasteiger partial charge in [-0.25, -0.2) is 0 Å². The van der Waals surface area contributed by atoms with Gasteiger partial charge in [-0.05, 0) is 42.8 Å². The Morgan fingerprint density at radius 1 is 1.04 bits per heavy atom. The molecular weight excluding hydrogens is 360 g/mol. The number of halogens is 1. The Morgan fingerprint density at radius 3 is 2.39 bits per heavy atom. The molecule has 0 saturated carbocycles. The molecule has 0 bridgehead atoms. The van der Waals surface area contributed by atoms with Crippen molar-refractivity contribution in [1.82, 2.24) is 0 Å². The van der Waals surface area contributed by atoms with Crippen molar-refractivity contribution in [3.63, 3.8) is 0 Å². The first-order valence-electron chi connectivity index (χ1n) is 7.05. The quantitative estimate of drug-likeness (QED) is 0.801. The first-order valence-corrected chi connectivity index (χ1v) is 7.84. The highest BCUT2D eigenvalue weighted by molar-refractivity contribution is 9.10. The number of amides is 1. The van der Waals surface area contributed by atoms with Crippen LogP contribution < -0.4 is 20.1 Å². The molecule has 1 amide bonds. The van der Waals surface area contributed by atoms with Crippen molar-refractivity contribution in [2.45, 2.75) is 6.92 Å². The Kier molecular flexibility index (Phi) is 5.87. The van der Waals surface area contributed by atoms with E-state index in [1.807, 2.05) is 31.2 Å². The molecule has 0 saturated heterocycles. The lowest BCUT2D eigenvalue weighted by Gasteiger charge is -2.12. The molecule has 6 heteroatoms. The molecule has 2 rings (SSSR count). The van der Waals surface area contributed by atoms with Gasteiger partial charge in [-0.1, -0.05) is 15.9 Å². The molecule has 5 nitrogen and oxygen atoms in total. The SMILES string of the molecule is COc1ccc(NCC(=O)Nc2ccc(Br)c(C)c2)cc1OC. The van der Waals surface area contributed by atoms with Crippen LogP contribution in [0.1, 0.15) is 5.56 Å². The lowest BCUT2D eigenvalue weighted by molar-refractivity contribution is -0.114. The van der Waals surface area contributed by atoms with E-state index in [1.165, 1.54) is 0 Å². The highest BCUT2D eigenvalue weighted by atomic mass is 79.9. The van der Waals surface area contributed by atoms with Gasteiger partial charge in [0.15, 0.2) is 11.5 Å². The minimum absolute atomic E-state index is 0.124. The molecule has 0 aliphatic carbocycles. The van der Waals surface area contributed by atoms with E-state index in [-0.39, 0.29) is 12.5 Å². The van der Waals surface area contributed by atoms with Gasteiger partial charge in [0.25, 0.3) is 0 Å². The van der Waals surface area contributed by atoms with Crippen LogP contribution in [-0.4, -0.2) is 26.7 Å². The van der Waals surface area contributed by atoms with Crippen molar-refractivity contribution < 1.29 is 14.3 Å². The fraction of sp³-hybridized carbons (Fsp3) is 0.235. The molecule has 2 N–H and O–H groups in total. The van der Waals surface area contributed by atoms with E-state index in [1.54, 1.807) is 26.4 Å². The third-order valence-electron chi connectivity index (χ3n) is 3.28. The predicted octanol–water partition coefficient (Wildman–Crippen LogP) is 3.83. The van der Waals surface area contributed by atoms with E-state index in [4.69, 9.17) is 9.47 Å². The first kappa shape index (κ1) is 17.1. The Bertz CT molecular complexity index is 704. The van der Waals surface area contributed by atoms with Gasteiger partial charge in [0.2, 0.25) is 5.91 Å². The predicted molar refractivity (Wildman–Crippen MR) is 95.5 cm³/mol. The van der Waals surface area contributed by atoms with Crippen LogP contribution in [-0.2, 0) is 4.79 Å². The monoisotopic (exact) mass is 378 g/mol. The number of carbonyl (C=O) groups excluding carboxylic acids is 1. The van der Waals surface area contributed by atoms with Gasteiger partial charge in [0.05, 0.1) is 20.8 Å². The van der Waals surface area contributed by atoms with E-state index < -0.39 is 0 Å². The molecule has 0 aliphatic heterocycles. The van der Waals surface area contributed by atoms with E-state index >= 15 is 0 Å². The Hall–Kier alpha value is -2.21. The molecule has 0 radical (unpaired) electrons. The standard InChI is InChI=1S/C17H19BrN2O3/c1-11-8-13(4-6-14(11)18)20-17(21)10-19-12-5-7-15(22-2)16(9-12)23-3/h4-9,19H,10H2,1-3H3,(H,20,21). The van der Waals surface area contributed by atoms with Gasteiger partial charge >= 0.3 is 0 Å². The highest BCUT2D eigenvalue weighted by Gasteiger charge is 2.07. The Balaban J connectivity index is 1.95. The van der Waals surface area contributed by atoms with E-state index in [9.17, 15) is 4.79 Å². The van der Waals surface area contributed by atoms with E-state index in [2.05, 4.69) is 26.6 Å². The molecule has 0 spiro atoms. The zero-order valence-electron chi connectivity index (χ0n) is 13.3. The smallest absolute Gasteiger partial charge is 0.243 e. The summed E-state index contributed by atoms with van der Waals surface area (Å²) in [6.45, 7) is 2.13. The number of hydrogen-bond donors (Lipinski definition) is 2. The Morgan fingerprint density at radius 2 is 1.74 bits per heavy atom. The summed E-state index contributed by atoms with van der Waals surface area (Å²) in [5.74, 6) is 1.13. The van der Waals surface area contributed by atoms with Crippen molar-refractivity contribution in [1.29, 1.82) is 0 Å². The lowest BCUT2D eigenvalue weighted by Crippen LogP contribution is -2.21. The largest absolute Gasteiger partial charge is 0.493 e. The summed E-state index contributed by atoms with van der Waals surface area (Å²) in [6, 6.07) is 11.1. The van der Waals surface area contributed by atoms with Gasteiger partial charge < -0.3 is 20.1 Å². The molecule has 23 heavy (non-hydrogen) atoms. The summed E-state index contributed by atoms with van der Waals surface area (Å²) in [7, 11) is 3.16. The summed E-state index contributed by atoms with van der Waals surface area (Å²) in [6.07, 6.45) is 0. The minimum atomic E-state index is -0.124. The number of hydrogen-bond acceptors (Lipinski definition) is 4. The summed E-state index contributed by atoms with van der Waals surface area (Å²) in [4.78, 5) is 12.0. The molecule has 0 unspecified atom stereocenters. The second-order valence-electron chi connectivity index (χ2n) is 4.94. The molecule has 0 atom stereocenters. The van der Waals surface area contributed by atoms with Crippen LogP contribution in [0.15, 0.2) is 40.9 Å². The summed E-state index contributed by atoms with van der Waals surface area (Å²) < 4.78 is 11.4. The highest BCUT2D eigenvalue weighted by Crippen LogP contribution is 2.29. The number of rotatable bonds is 6. The van der Waals surface area contributed by atoms with Crippen LogP contribution in [0.2, 0.25) is 0 Å². The molecule has 2 aromatic rings. The second-order valence-corrected chi connectivity index (χ2v) is 5.79. The molecule has 2 aromatic carbocycles. The average Bonchev–Trinajstić information content (AvgIpc) is 2.56. The van der Waals surface area contributed by atoms with Crippen molar-refractivity contribution in [3.05, 3.63) is 46.4 Å². The van der Waals surface area contributed by atoms with Gasteiger partial charge in [-0.15, -0.1) is 0 Å². The van der Waals surface area contributed by atoms with Crippen LogP contribution in [0.5, 0.6) is 11.5 Å². The van der Waals surface area contributed by atoms with Crippen molar-refractivity contribution >= 4 is 33.2 Å². The van der Waals surface area contributed by atoms with Crippen LogP contribution in [0, 0.1) is 6.92 Å². The fourth-order valence-corrected chi connectivity index (χ4v) is 2.30. The van der Waals surface area contributed by atoms with Crippen molar-refractivity contribution in [2.75, 3.05) is 31.4 Å². The number of methoxy groups -OCH3 is 2. The number of carbonyl (C=O) groups is 1. The van der Waals surface area contributed by atoms with Gasteiger partial charge in [0, 0.05) is 21.9 Å². The van der Waals surface area contributed by atoms with Crippen molar-refractivity contribution in [2.24, 2.45) is 0 Å². The van der Waals surface area contributed by atoms with Crippen LogP contribution in [0.25, 0.3) is 0 Å². The zero-order valence-corrected chi connectivity index (χ0v) is 14.9. The molecule has 0 aliphatic rings. The average molecular weight is 379 g/mol. The van der Waals surface area contributed by atoms with Gasteiger partial charge in [-0.3, -0.25) is 4.79 Å². The zero-order chi connectivity index (χ0) is 16.8. The molecule has 0 fully saturated rings. The van der Waals surface area contributed by atoms with Crippen LogP contribution in [0.3, 0.4) is 0 Å². The maximum absolute atomic E-state index is 12.0. The molecule has 0 heterocycles. The molecular formula is C17H19BrN2O3. The number of benzene rings is 2. The third-order valence-corrected chi connectivity index (χ3v) is 4.17. The molecule has 122 valence electrons. The number of ether oxygens (including phenoxy) is 2. The topological polar surface area (TPSA) is 59.6 Å². The van der Waals surface area contributed by atoms with Gasteiger partial charge in [-0.2, -0.15) is 0 Å². The normalized spacial score (nSPS) is 10.1. The lowest BCUT2D eigenvalue weighted by atomic mass is 10.2. The molecule has 0 aromatic heterocycles. The van der Waals surface area contributed by atoms with Crippen LogP contribution >= 0.6 is 15.9 Å². The summed E-state index contributed by atoms with van der Waals surface area (Å²) in [5.41, 5.74) is 2.62. The van der Waals surface area contributed by atoms with Crippen LogP contribution in [0.4, 0.5) is 11.4 Å². The Labute approximate surface area is 144 Å². The van der Waals surface area contributed by atoms with Gasteiger partial charge in [0.1, 0.15) is 0 Å². The summed E-state index contributed by atoms with van der Waals surface area (Å²) >= 11 is 3.44. The maximum atomic E-state index is 12.0. The maximum Gasteiger partial charge on any atom is 0.243 e. The number of aryl methyl sites for hydroxylation is 1.